The number of benzene rings is 1. The van der Waals surface area contributed by atoms with Gasteiger partial charge in [0.15, 0.2) is 0 Å². The van der Waals surface area contributed by atoms with Crippen LogP contribution in [-0.2, 0) is 30.4 Å². The standard InChI is InChI=1S/C27H32N2O6/c1-17(2)19(16-30)29-23-25(32)28(15-18-9-4-3-5-10-18)13-8-12-27(23)22(24(29)31)21-20(35-27)11-6-7-14-34-26(21)33/h3-6,8-12,17,19-23,30H,7,13-16H2,1-2H3/t19-,20+,21-,22-,23?,27-/m0/s1. The molecule has 0 aromatic heterocycles. The van der Waals surface area contributed by atoms with Gasteiger partial charge in [-0.1, -0.05) is 68.5 Å². The van der Waals surface area contributed by atoms with Crippen molar-refractivity contribution >= 4 is 17.8 Å². The van der Waals surface area contributed by atoms with Crippen molar-refractivity contribution in [2.45, 2.75) is 50.6 Å². The number of fused-ring (bicyclic) bond motifs is 2. The summed E-state index contributed by atoms with van der Waals surface area (Å²) in [5.41, 5.74) is -0.342. The molecule has 1 aromatic carbocycles. The lowest BCUT2D eigenvalue weighted by Crippen LogP contribution is -2.59. The van der Waals surface area contributed by atoms with Gasteiger partial charge in [-0.05, 0) is 17.9 Å². The number of esters is 1. The smallest absolute Gasteiger partial charge is 0.312 e. The summed E-state index contributed by atoms with van der Waals surface area (Å²) in [5.74, 6) is -2.94. The lowest BCUT2D eigenvalue weighted by molar-refractivity contribution is -0.157. The Kier molecular flexibility index (Phi) is 6.27. The fourth-order valence-electron chi connectivity index (χ4n) is 6.02. The van der Waals surface area contributed by atoms with Gasteiger partial charge in [0.2, 0.25) is 11.8 Å². The normalized spacial score (nSPS) is 33.1. The van der Waals surface area contributed by atoms with Gasteiger partial charge in [-0.25, -0.2) is 0 Å². The molecule has 2 amide bonds. The zero-order chi connectivity index (χ0) is 24.7. The van der Waals surface area contributed by atoms with Crippen LogP contribution < -0.4 is 0 Å². The molecule has 1 spiro atoms. The van der Waals surface area contributed by atoms with Gasteiger partial charge in [-0.2, -0.15) is 0 Å². The third-order valence-electron chi connectivity index (χ3n) is 7.67. The molecule has 1 N–H and O–H groups in total. The maximum atomic E-state index is 14.2. The Morgan fingerprint density at radius 1 is 1.11 bits per heavy atom. The van der Waals surface area contributed by atoms with Crippen molar-refractivity contribution < 1.29 is 29.0 Å². The van der Waals surface area contributed by atoms with E-state index in [0.29, 0.717) is 19.5 Å². The monoisotopic (exact) mass is 480 g/mol. The van der Waals surface area contributed by atoms with Crippen LogP contribution >= 0.6 is 0 Å². The fourth-order valence-corrected chi connectivity index (χ4v) is 6.02. The van der Waals surface area contributed by atoms with E-state index < -0.39 is 41.6 Å². The third-order valence-corrected chi connectivity index (χ3v) is 7.67. The molecule has 8 nitrogen and oxygen atoms in total. The van der Waals surface area contributed by atoms with E-state index in [4.69, 9.17) is 9.47 Å². The van der Waals surface area contributed by atoms with Gasteiger partial charge in [-0.15, -0.1) is 0 Å². The van der Waals surface area contributed by atoms with Crippen molar-refractivity contribution in [2.75, 3.05) is 19.8 Å². The van der Waals surface area contributed by atoms with E-state index in [1.54, 1.807) is 4.90 Å². The minimum atomic E-state index is -1.31. The number of carbonyl (C=O) groups excluding carboxylic acids is 3. The zero-order valence-corrected chi connectivity index (χ0v) is 20.1. The molecule has 0 radical (unpaired) electrons. The van der Waals surface area contributed by atoms with E-state index in [1.165, 1.54) is 4.90 Å². The highest BCUT2D eigenvalue weighted by molar-refractivity contribution is 5.99. The van der Waals surface area contributed by atoms with E-state index in [0.717, 1.165) is 5.56 Å². The molecule has 2 saturated heterocycles. The SMILES string of the molecule is CC(C)[C@H](CO)N1C(=O)[C@@H]2[C@H]3C(=O)OCCC=C[C@H]3O[C@@]23C=CCN(Cc2ccccc2)C(=O)C13. The molecule has 35 heavy (non-hydrogen) atoms. The molecule has 0 saturated carbocycles. The number of amides is 2. The zero-order valence-electron chi connectivity index (χ0n) is 20.1. The average molecular weight is 481 g/mol. The Labute approximate surface area is 205 Å². The van der Waals surface area contributed by atoms with E-state index >= 15 is 0 Å². The molecular weight excluding hydrogens is 448 g/mol. The summed E-state index contributed by atoms with van der Waals surface area (Å²) < 4.78 is 12.0. The van der Waals surface area contributed by atoms with Gasteiger partial charge in [0.05, 0.1) is 31.3 Å². The van der Waals surface area contributed by atoms with Crippen LogP contribution in [0.3, 0.4) is 0 Å². The van der Waals surface area contributed by atoms with Gasteiger partial charge in [-0.3, -0.25) is 14.4 Å². The predicted molar refractivity (Wildman–Crippen MR) is 127 cm³/mol. The first-order valence-corrected chi connectivity index (χ1v) is 12.3. The van der Waals surface area contributed by atoms with Crippen molar-refractivity contribution in [3.63, 3.8) is 0 Å². The number of rotatable bonds is 5. The minimum absolute atomic E-state index is 0.109. The van der Waals surface area contributed by atoms with Gasteiger partial charge in [0.25, 0.3) is 0 Å². The van der Waals surface area contributed by atoms with Crippen LogP contribution in [0.5, 0.6) is 0 Å². The summed E-state index contributed by atoms with van der Waals surface area (Å²) in [6.07, 6.45) is 7.30. The number of nitrogens with zero attached hydrogens (tertiary/aromatic N) is 2. The van der Waals surface area contributed by atoms with Crippen molar-refractivity contribution in [2.24, 2.45) is 17.8 Å². The van der Waals surface area contributed by atoms with Crippen LogP contribution in [-0.4, -0.2) is 76.2 Å². The molecule has 186 valence electrons. The second kappa shape index (κ2) is 9.24. The summed E-state index contributed by atoms with van der Waals surface area (Å²) in [5, 5.41) is 10.3. The van der Waals surface area contributed by atoms with Crippen LogP contribution in [0.25, 0.3) is 0 Å². The Hall–Kier alpha value is -2.97. The first-order valence-electron chi connectivity index (χ1n) is 12.3. The summed E-state index contributed by atoms with van der Waals surface area (Å²) >= 11 is 0. The summed E-state index contributed by atoms with van der Waals surface area (Å²) in [6.45, 7) is 4.49. The van der Waals surface area contributed by atoms with Crippen molar-refractivity contribution in [1.82, 2.24) is 9.80 Å². The second-order valence-corrected chi connectivity index (χ2v) is 10.1. The van der Waals surface area contributed by atoms with Crippen LogP contribution in [0.15, 0.2) is 54.6 Å². The Bertz CT molecular complexity index is 1050. The van der Waals surface area contributed by atoms with Gasteiger partial charge in [0, 0.05) is 13.1 Å². The summed E-state index contributed by atoms with van der Waals surface area (Å²) in [6, 6.07) is 8.10. The molecule has 1 aromatic rings. The summed E-state index contributed by atoms with van der Waals surface area (Å²) in [7, 11) is 0. The van der Waals surface area contributed by atoms with Crippen LogP contribution in [0.2, 0.25) is 0 Å². The third kappa shape index (κ3) is 3.79. The molecule has 0 aliphatic carbocycles. The van der Waals surface area contributed by atoms with Gasteiger partial charge >= 0.3 is 5.97 Å². The average Bonchev–Trinajstić information content (AvgIpc) is 3.21. The van der Waals surface area contributed by atoms with Crippen LogP contribution in [0.4, 0.5) is 0 Å². The van der Waals surface area contributed by atoms with E-state index in [-0.39, 0.29) is 30.9 Å². The van der Waals surface area contributed by atoms with Crippen molar-refractivity contribution in [3.8, 4) is 0 Å². The highest BCUT2D eigenvalue weighted by Gasteiger charge is 2.72. The Morgan fingerprint density at radius 2 is 1.89 bits per heavy atom. The number of carbonyl (C=O) groups is 3. The lowest BCUT2D eigenvalue weighted by atomic mass is 9.77. The number of hydrogen-bond donors (Lipinski definition) is 1. The predicted octanol–water partition coefficient (Wildman–Crippen LogP) is 1.69. The van der Waals surface area contributed by atoms with Gasteiger partial charge in [0.1, 0.15) is 17.6 Å². The number of cyclic esters (lactones) is 1. The molecule has 6 atom stereocenters. The number of hydrogen-bond acceptors (Lipinski definition) is 6. The molecule has 5 rings (SSSR count). The van der Waals surface area contributed by atoms with Crippen molar-refractivity contribution in [3.05, 3.63) is 60.2 Å². The molecule has 1 unspecified atom stereocenters. The number of ether oxygens (including phenoxy) is 2. The van der Waals surface area contributed by atoms with Crippen LogP contribution in [0.1, 0.15) is 25.8 Å². The first-order chi connectivity index (χ1) is 16.9. The Balaban J connectivity index is 1.61. The molecule has 4 aliphatic heterocycles. The second-order valence-electron chi connectivity index (χ2n) is 10.1. The minimum Gasteiger partial charge on any atom is -0.465 e. The number of likely N-dealkylation sites (tertiary alicyclic amines) is 1. The molecular formula is C27H32N2O6. The molecule has 4 heterocycles. The van der Waals surface area contributed by atoms with Gasteiger partial charge < -0.3 is 24.4 Å². The molecule has 8 heteroatoms. The number of aliphatic hydroxyl groups is 1. The van der Waals surface area contributed by atoms with E-state index in [1.807, 2.05) is 68.5 Å². The van der Waals surface area contributed by atoms with Crippen molar-refractivity contribution in [1.29, 1.82) is 0 Å². The highest BCUT2D eigenvalue weighted by Crippen LogP contribution is 2.54. The summed E-state index contributed by atoms with van der Waals surface area (Å²) in [4.78, 5) is 44.6. The van der Waals surface area contributed by atoms with E-state index in [9.17, 15) is 19.5 Å². The maximum Gasteiger partial charge on any atom is 0.312 e. The Morgan fingerprint density at radius 3 is 2.60 bits per heavy atom. The lowest BCUT2D eigenvalue weighted by Gasteiger charge is -2.39. The molecule has 2 fully saturated rings. The fraction of sp³-hybridized carbons (Fsp3) is 0.519. The molecule has 0 bridgehead atoms. The first kappa shape index (κ1) is 23.8. The largest absolute Gasteiger partial charge is 0.465 e. The topological polar surface area (TPSA) is 96.4 Å². The molecule has 4 aliphatic rings. The quantitative estimate of drug-likeness (QED) is 0.509. The van der Waals surface area contributed by atoms with Crippen LogP contribution in [0, 0.1) is 17.8 Å². The van der Waals surface area contributed by atoms with E-state index in [2.05, 4.69) is 0 Å². The maximum absolute atomic E-state index is 14.2. The highest BCUT2D eigenvalue weighted by atomic mass is 16.6. The number of aliphatic hydroxyl groups excluding tert-OH is 1.